The van der Waals surface area contributed by atoms with Gasteiger partial charge in [-0.1, -0.05) is 5.10 Å². The van der Waals surface area contributed by atoms with Crippen molar-refractivity contribution in [1.29, 1.82) is 0 Å². The maximum atomic E-state index is 12.3. The summed E-state index contributed by atoms with van der Waals surface area (Å²) in [6.07, 6.45) is -1.51. The first-order chi connectivity index (χ1) is 16.7. The Kier molecular flexibility index (Phi) is 7.15. The van der Waals surface area contributed by atoms with Crippen molar-refractivity contribution in [3.63, 3.8) is 0 Å². The minimum absolute atomic E-state index is 0.0541. The minimum Gasteiger partial charge on any atom is -0.406 e. The number of carbonyl (C=O) groups is 1. The number of hydrogen-bond acceptors (Lipinski definition) is 9. The van der Waals surface area contributed by atoms with Crippen LogP contribution in [0.4, 0.5) is 30.7 Å². The van der Waals surface area contributed by atoms with E-state index < -0.39 is 6.36 Å². The van der Waals surface area contributed by atoms with Gasteiger partial charge in [-0.3, -0.25) is 4.79 Å². The first-order valence-electron chi connectivity index (χ1n) is 10.0. The highest BCUT2D eigenvalue weighted by Crippen LogP contribution is 2.32. The van der Waals surface area contributed by atoms with E-state index in [1.165, 1.54) is 43.0 Å². The third-order valence-corrected chi connectivity index (χ3v) is 5.35. The fraction of sp³-hybridized carbons (Fsp3) is 0.136. The molecule has 0 bridgehead atoms. The van der Waals surface area contributed by atoms with Gasteiger partial charge in [0.2, 0.25) is 5.91 Å². The molecule has 1 aromatic carbocycles. The van der Waals surface area contributed by atoms with Crippen molar-refractivity contribution >= 4 is 35.2 Å². The summed E-state index contributed by atoms with van der Waals surface area (Å²) in [6.45, 7) is 1.41. The van der Waals surface area contributed by atoms with Gasteiger partial charge >= 0.3 is 12.4 Å². The van der Waals surface area contributed by atoms with Gasteiger partial charge in [0.25, 0.3) is 5.89 Å². The Hall–Kier alpha value is -4.13. The zero-order valence-electron chi connectivity index (χ0n) is 18.0. The zero-order valence-corrected chi connectivity index (χ0v) is 18.9. The van der Waals surface area contributed by atoms with Crippen molar-refractivity contribution in [3.05, 3.63) is 66.5 Å². The van der Waals surface area contributed by atoms with Crippen LogP contribution in [0.2, 0.25) is 0 Å². The van der Waals surface area contributed by atoms with Crippen LogP contribution in [0.25, 0.3) is 11.5 Å². The predicted octanol–water partition coefficient (Wildman–Crippen LogP) is 5.42. The Bertz CT molecular complexity index is 1310. The van der Waals surface area contributed by atoms with E-state index in [1.807, 2.05) is 6.07 Å². The number of anilines is 3. The van der Waals surface area contributed by atoms with Crippen LogP contribution < -0.4 is 15.4 Å². The molecule has 0 aliphatic carbocycles. The van der Waals surface area contributed by atoms with Crippen LogP contribution in [0.15, 0.2) is 70.4 Å². The topological polar surface area (TPSA) is 115 Å². The normalized spacial score (nSPS) is 11.2. The van der Waals surface area contributed by atoms with Crippen molar-refractivity contribution in [1.82, 2.24) is 20.2 Å². The number of nitrogens with one attached hydrogen (secondary N) is 2. The van der Waals surface area contributed by atoms with Crippen LogP contribution in [-0.2, 0) is 10.5 Å². The first kappa shape index (κ1) is 24.0. The molecule has 0 unspecified atom stereocenters. The molecule has 9 nitrogen and oxygen atoms in total. The number of pyridine rings is 2. The lowest BCUT2D eigenvalue weighted by atomic mass is 10.3. The van der Waals surface area contributed by atoms with E-state index >= 15 is 0 Å². The first-order valence-corrected chi connectivity index (χ1v) is 11.0. The molecule has 0 saturated carbocycles. The monoisotopic (exact) mass is 502 g/mol. The number of nitrogens with zero attached hydrogens (tertiary/aromatic N) is 4. The van der Waals surface area contributed by atoms with E-state index in [0.29, 0.717) is 27.8 Å². The number of hydrogen-bond donors (Lipinski definition) is 2. The van der Waals surface area contributed by atoms with Gasteiger partial charge in [-0.05, 0) is 54.1 Å². The maximum absolute atomic E-state index is 12.3. The van der Waals surface area contributed by atoms with Gasteiger partial charge < -0.3 is 19.8 Å². The van der Waals surface area contributed by atoms with E-state index in [4.69, 9.17) is 4.42 Å². The van der Waals surface area contributed by atoms with E-state index in [0.717, 1.165) is 5.56 Å². The zero-order chi connectivity index (χ0) is 24.8. The van der Waals surface area contributed by atoms with Gasteiger partial charge in [-0.2, -0.15) is 0 Å². The SMILES string of the molecule is CC(=O)Nc1cc(CSc2ncccc2-c2nnc(Nc3ccc(OC(F)(F)F)cc3)o2)ccn1. The second-order valence-electron chi connectivity index (χ2n) is 6.98. The molecule has 0 atom stereocenters. The highest BCUT2D eigenvalue weighted by Gasteiger charge is 2.31. The Labute approximate surface area is 201 Å². The Morgan fingerprint density at radius 1 is 1.09 bits per heavy atom. The number of halogens is 3. The molecule has 2 N–H and O–H groups in total. The number of rotatable bonds is 8. The molecule has 4 rings (SSSR count). The highest BCUT2D eigenvalue weighted by molar-refractivity contribution is 7.98. The number of carbonyl (C=O) groups excluding carboxylic acids is 1. The summed E-state index contributed by atoms with van der Waals surface area (Å²) in [7, 11) is 0. The molecule has 35 heavy (non-hydrogen) atoms. The Morgan fingerprint density at radius 2 is 1.89 bits per heavy atom. The second-order valence-corrected chi connectivity index (χ2v) is 7.95. The quantitative estimate of drug-likeness (QED) is 0.305. The summed E-state index contributed by atoms with van der Waals surface area (Å²) >= 11 is 1.44. The van der Waals surface area contributed by atoms with Gasteiger partial charge in [-0.15, -0.1) is 30.0 Å². The number of aromatic nitrogens is 4. The molecule has 0 spiro atoms. The lowest BCUT2D eigenvalue weighted by Gasteiger charge is -2.09. The van der Waals surface area contributed by atoms with Crippen LogP contribution in [-0.4, -0.2) is 32.4 Å². The molecule has 4 aromatic rings. The maximum Gasteiger partial charge on any atom is 0.573 e. The number of ether oxygens (including phenoxy) is 1. The fourth-order valence-corrected chi connectivity index (χ4v) is 3.81. The number of alkyl halides is 3. The van der Waals surface area contributed by atoms with Crippen LogP contribution >= 0.6 is 11.8 Å². The molecule has 0 fully saturated rings. The van der Waals surface area contributed by atoms with Gasteiger partial charge in [-0.25, -0.2) is 9.97 Å². The molecular weight excluding hydrogens is 485 g/mol. The average molecular weight is 502 g/mol. The molecule has 0 aliphatic heterocycles. The Morgan fingerprint density at radius 3 is 2.63 bits per heavy atom. The van der Waals surface area contributed by atoms with Gasteiger partial charge in [0.15, 0.2) is 0 Å². The Balaban J connectivity index is 1.44. The van der Waals surface area contributed by atoms with Crippen molar-refractivity contribution in [2.75, 3.05) is 10.6 Å². The second kappa shape index (κ2) is 10.4. The van der Waals surface area contributed by atoms with Crippen molar-refractivity contribution in [3.8, 4) is 17.2 Å². The van der Waals surface area contributed by atoms with Crippen LogP contribution in [0.1, 0.15) is 12.5 Å². The van der Waals surface area contributed by atoms with Crippen molar-refractivity contribution in [2.45, 2.75) is 24.1 Å². The van der Waals surface area contributed by atoms with Crippen molar-refractivity contribution in [2.24, 2.45) is 0 Å². The molecule has 0 saturated heterocycles. The summed E-state index contributed by atoms with van der Waals surface area (Å²) in [6, 6.07) is 12.3. The van der Waals surface area contributed by atoms with E-state index in [9.17, 15) is 18.0 Å². The molecule has 3 aromatic heterocycles. The van der Waals surface area contributed by atoms with E-state index in [2.05, 4.69) is 35.5 Å². The van der Waals surface area contributed by atoms with Crippen LogP contribution in [0, 0.1) is 0 Å². The highest BCUT2D eigenvalue weighted by atomic mass is 32.2. The lowest BCUT2D eigenvalue weighted by Crippen LogP contribution is -2.16. The predicted molar refractivity (Wildman–Crippen MR) is 122 cm³/mol. The van der Waals surface area contributed by atoms with Gasteiger partial charge in [0.05, 0.1) is 5.56 Å². The molecular formula is C22H17F3N6O3S. The summed E-state index contributed by atoms with van der Waals surface area (Å²) in [4.78, 5) is 19.7. The fourth-order valence-electron chi connectivity index (χ4n) is 2.88. The van der Waals surface area contributed by atoms with Crippen LogP contribution in [0.5, 0.6) is 5.75 Å². The standard InChI is InChI=1S/C22H17F3N6O3S/c1-13(32)28-18-11-14(8-10-26-18)12-35-20-17(3-2-9-27-20)19-30-31-21(33-19)29-15-4-6-16(7-5-15)34-22(23,24)25/h2-11H,12H2,1H3,(H,29,31)(H,26,28,32). The summed E-state index contributed by atoms with van der Waals surface area (Å²) < 4.78 is 46.4. The smallest absolute Gasteiger partial charge is 0.406 e. The summed E-state index contributed by atoms with van der Waals surface area (Å²) in [5.41, 5.74) is 1.97. The van der Waals surface area contributed by atoms with E-state index in [1.54, 1.807) is 30.6 Å². The lowest BCUT2D eigenvalue weighted by molar-refractivity contribution is -0.274. The molecule has 0 radical (unpaired) electrons. The van der Waals surface area contributed by atoms with E-state index in [-0.39, 0.29) is 23.6 Å². The number of thioether (sulfide) groups is 1. The average Bonchev–Trinajstić information content (AvgIpc) is 3.26. The largest absolute Gasteiger partial charge is 0.573 e. The molecule has 13 heteroatoms. The minimum atomic E-state index is -4.76. The van der Waals surface area contributed by atoms with Crippen LogP contribution in [0.3, 0.4) is 0 Å². The summed E-state index contributed by atoms with van der Waals surface area (Å²) in [5, 5.41) is 14.1. The third kappa shape index (κ3) is 6.93. The number of benzene rings is 1. The summed E-state index contributed by atoms with van der Waals surface area (Å²) in [5.74, 6) is 0.673. The van der Waals surface area contributed by atoms with Crippen molar-refractivity contribution < 1.29 is 27.1 Å². The molecule has 0 aliphatic rings. The molecule has 180 valence electrons. The van der Waals surface area contributed by atoms with Gasteiger partial charge in [0, 0.05) is 30.8 Å². The number of amides is 1. The molecule has 3 heterocycles. The molecule has 1 amide bonds. The third-order valence-electron chi connectivity index (χ3n) is 4.27. The van der Waals surface area contributed by atoms with Gasteiger partial charge in [0.1, 0.15) is 16.6 Å².